The van der Waals surface area contributed by atoms with Crippen LogP contribution in [-0.4, -0.2) is 18.2 Å². The van der Waals surface area contributed by atoms with Crippen LogP contribution >= 0.6 is 0 Å². The first kappa shape index (κ1) is 15.1. The van der Waals surface area contributed by atoms with Crippen LogP contribution in [0.15, 0.2) is 24.3 Å². The Labute approximate surface area is 129 Å². The van der Waals surface area contributed by atoms with Crippen LogP contribution in [0.25, 0.3) is 0 Å². The van der Waals surface area contributed by atoms with Crippen LogP contribution in [-0.2, 0) is 11.2 Å². The maximum atomic E-state index is 6.52. The Morgan fingerprint density at radius 3 is 2.67 bits per heavy atom. The average Bonchev–Trinajstić information content (AvgIpc) is 2.94. The maximum Gasteiger partial charge on any atom is 0.0685 e. The fraction of sp³-hybridized carbons (Fsp3) is 0.684. The Morgan fingerprint density at radius 1 is 1.24 bits per heavy atom. The van der Waals surface area contributed by atoms with Crippen molar-refractivity contribution in [3.05, 3.63) is 35.4 Å². The molecule has 0 radical (unpaired) electrons. The Hall–Kier alpha value is -0.860. The third kappa shape index (κ3) is 3.67. The molecular weight excluding hydrogens is 258 g/mol. The molecule has 1 saturated carbocycles. The minimum absolute atomic E-state index is 0.199. The molecule has 0 amide bonds. The first-order chi connectivity index (χ1) is 10.2. The van der Waals surface area contributed by atoms with E-state index < -0.39 is 0 Å². The van der Waals surface area contributed by atoms with E-state index in [-0.39, 0.29) is 5.60 Å². The quantitative estimate of drug-likeness (QED) is 0.908. The van der Waals surface area contributed by atoms with Crippen LogP contribution in [0.1, 0.15) is 56.1 Å². The number of hydrogen-bond donors (Lipinski definition) is 1. The summed E-state index contributed by atoms with van der Waals surface area (Å²) in [5.74, 6) is 0.655. The van der Waals surface area contributed by atoms with Gasteiger partial charge in [-0.3, -0.25) is 0 Å². The molecule has 1 spiro atoms. The highest BCUT2D eigenvalue weighted by atomic mass is 16.5. The molecule has 3 rings (SSSR count). The summed E-state index contributed by atoms with van der Waals surface area (Å²) in [7, 11) is 0. The highest BCUT2D eigenvalue weighted by Crippen LogP contribution is 2.42. The first-order valence-corrected chi connectivity index (χ1v) is 8.62. The van der Waals surface area contributed by atoms with Crippen molar-refractivity contribution in [2.24, 2.45) is 11.7 Å². The van der Waals surface area contributed by atoms with Crippen molar-refractivity contribution in [3.63, 3.8) is 0 Å². The molecule has 1 saturated heterocycles. The van der Waals surface area contributed by atoms with Gasteiger partial charge in [-0.15, -0.1) is 0 Å². The number of hydrogen-bond acceptors (Lipinski definition) is 2. The van der Waals surface area contributed by atoms with E-state index in [1.807, 2.05) is 0 Å². The lowest BCUT2D eigenvalue weighted by atomic mass is 9.79. The van der Waals surface area contributed by atoms with Crippen molar-refractivity contribution >= 4 is 0 Å². The Bertz CT molecular complexity index is 447. The molecule has 1 aromatic rings. The predicted octanol–water partition coefficient (Wildman–Crippen LogP) is 3.99. The van der Waals surface area contributed by atoms with E-state index in [1.165, 1.54) is 43.2 Å². The average molecular weight is 287 g/mol. The molecule has 0 bridgehead atoms. The van der Waals surface area contributed by atoms with Crippen LogP contribution in [0, 0.1) is 12.8 Å². The van der Waals surface area contributed by atoms with Gasteiger partial charge in [0, 0.05) is 12.6 Å². The molecule has 2 heteroatoms. The maximum absolute atomic E-state index is 6.52. The molecule has 21 heavy (non-hydrogen) atoms. The van der Waals surface area contributed by atoms with Gasteiger partial charge in [0.15, 0.2) is 0 Å². The van der Waals surface area contributed by atoms with E-state index in [1.54, 1.807) is 0 Å². The molecule has 1 aliphatic heterocycles. The van der Waals surface area contributed by atoms with Crippen molar-refractivity contribution in [1.29, 1.82) is 0 Å². The zero-order chi connectivity index (χ0) is 14.7. The van der Waals surface area contributed by atoms with Crippen molar-refractivity contribution in [1.82, 2.24) is 0 Å². The van der Waals surface area contributed by atoms with Gasteiger partial charge in [0.1, 0.15) is 0 Å². The lowest BCUT2D eigenvalue weighted by Crippen LogP contribution is -2.43. The minimum atomic E-state index is 0.199. The summed E-state index contributed by atoms with van der Waals surface area (Å²) < 4.78 is 6.13. The molecule has 1 aliphatic carbocycles. The molecule has 2 nitrogen and oxygen atoms in total. The van der Waals surface area contributed by atoms with Gasteiger partial charge in [0.05, 0.1) is 5.60 Å². The number of benzene rings is 1. The van der Waals surface area contributed by atoms with E-state index in [0.717, 1.165) is 25.9 Å². The monoisotopic (exact) mass is 287 g/mol. The lowest BCUT2D eigenvalue weighted by molar-refractivity contribution is -0.0964. The van der Waals surface area contributed by atoms with Gasteiger partial charge in [0.2, 0.25) is 0 Å². The van der Waals surface area contributed by atoms with Crippen LogP contribution in [0.5, 0.6) is 0 Å². The van der Waals surface area contributed by atoms with E-state index >= 15 is 0 Å². The summed E-state index contributed by atoms with van der Waals surface area (Å²) >= 11 is 0. The van der Waals surface area contributed by atoms with Crippen LogP contribution < -0.4 is 5.73 Å². The first-order valence-electron chi connectivity index (χ1n) is 8.62. The standard InChI is InChI=1S/C19H29NO/c1-15-4-6-16(7-5-15)8-9-18(20)17-10-13-21-19(14-17)11-2-3-12-19/h4-7,17-18H,2-3,8-14,20H2,1H3. The van der Waals surface area contributed by atoms with Crippen molar-refractivity contribution in [2.75, 3.05) is 6.61 Å². The second kappa shape index (κ2) is 6.50. The van der Waals surface area contributed by atoms with E-state index in [0.29, 0.717) is 12.0 Å². The normalized spacial score (nSPS) is 26.1. The van der Waals surface area contributed by atoms with Gasteiger partial charge in [0.25, 0.3) is 0 Å². The van der Waals surface area contributed by atoms with Crippen LogP contribution in [0.2, 0.25) is 0 Å². The summed E-state index contributed by atoms with van der Waals surface area (Å²) in [5, 5.41) is 0. The molecule has 2 atom stereocenters. The molecule has 2 aliphatic rings. The second-order valence-corrected chi connectivity index (χ2v) is 7.18. The Kier molecular flexibility index (Phi) is 4.66. The summed E-state index contributed by atoms with van der Waals surface area (Å²) in [5.41, 5.74) is 9.47. The third-order valence-electron chi connectivity index (χ3n) is 5.54. The Morgan fingerprint density at radius 2 is 1.95 bits per heavy atom. The largest absolute Gasteiger partial charge is 0.375 e. The van der Waals surface area contributed by atoms with Crippen molar-refractivity contribution < 1.29 is 4.74 Å². The molecule has 2 unspecified atom stereocenters. The fourth-order valence-corrected chi connectivity index (χ4v) is 4.12. The van der Waals surface area contributed by atoms with Gasteiger partial charge in [-0.05, 0) is 56.9 Å². The van der Waals surface area contributed by atoms with Gasteiger partial charge in [-0.1, -0.05) is 42.7 Å². The zero-order valence-corrected chi connectivity index (χ0v) is 13.3. The van der Waals surface area contributed by atoms with Gasteiger partial charge in [-0.2, -0.15) is 0 Å². The summed E-state index contributed by atoms with van der Waals surface area (Å²) in [6.45, 7) is 3.06. The topological polar surface area (TPSA) is 35.2 Å². The van der Waals surface area contributed by atoms with Crippen molar-refractivity contribution in [3.8, 4) is 0 Å². The smallest absolute Gasteiger partial charge is 0.0685 e. The van der Waals surface area contributed by atoms with E-state index in [2.05, 4.69) is 31.2 Å². The molecule has 116 valence electrons. The van der Waals surface area contributed by atoms with Crippen LogP contribution in [0.4, 0.5) is 0 Å². The molecular formula is C19H29NO. The van der Waals surface area contributed by atoms with Crippen molar-refractivity contribution in [2.45, 2.75) is 69.9 Å². The van der Waals surface area contributed by atoms with E-state index in [9.17, 15) is 0 Å². The third-order valence-corrected chi connectivity index (χ3v) is 5.54. The molecule has 0 aromatic heterocycles. The summed E-state index contributed by atoms with van der Waals surface area (Å²) in [6, 6.07) is 9.20. The lowest BCUT2D eigenvalue weighted by Gasteiger charge is -2.40. The number of nitrogens with two attached hydrogens (primary N) is 1. The molecule has 2 N–H and O–H groups in total. The highest BCUT2D eigenvalue weighted by Gasteiger charge is 2.41. The SMILES string of the molecule is Cc1ccc(CCC(N)C2CCOC3(CCCC3)C2)cc1. The zero-order valence-electron chi connectivity index (χ0n) is 13.3. The highest BCUT2D eigenvalue weighted by molar-refractivity contribution is 5.21. The fourth-order valence-electron chi connectivity index (χ4n) is 4.12. The Balaban J connectivity index is 1.52. The van der Waals surface area contributed by atoms with Crippen LogP contribution in [0.3, 0.4) is 0 Å². The number of ether oxygens (including phenoxy) is 1. The molecule has 2 fully saturated rings. The molecule has 1 aromatic carbocycles. The number of rotatable bonds is 4. The van der Waals surface area contributed by atoms with Gasteiger partial charge < -0.3 is 10.5 Å². The molecule has 1 heterocycles. The second-order valence-electron chi connectivity index (χ2n) is 7.18. The minimum Gasteiger partial charge on any atom is -0.375 e. The van der Waals surface area contributed by atoms with E-state index in [4.69, 9.17) is 10.5 Å². The predicted molar refractivity (Wildman–Crippen MR) is 87.4 cm³/mol. The van der Waals surface area contributed by atoms with Gasteiger partial charge in [-0.25, -0.2) is 0 Å². The van der Waals surface area contributed by atoms with Gasteiger partial charge >= 0.3 is 0 Å². The number of aryl methyl sites for hydroxylation is 2. The summed E-state index contributed by atoms with van der Waals surface area (Å²) in [4.78, 5) is 0. The summed E-state index contributed by atoms with van der Waals surface area (Å²) in [6.07, 6.45) is 9.74.